The number of benzene rings is 1. The molecule has 0 aliphatic heterocycles. The molecule has 1 aliphatic carbocycles. The maximum Gasteiger partial charge on any atom is 0.254 e. The molecule has 1 saturated carbocycles. The Labute approximate surface area is 157 Å². The molecule has 1 heterocycles. The van der Waals surface area contributed by atoms with Gasteiger partial charge in [-0.3, -0.25) is 4.79 Å². The summed E-state index contributed by atoms with van der Waals surface area (Å²) in [4.78, 5) is 20.7. The summed E-state index contributed by atoms with van der Waals surface area (Å²) in [6.07, 6.45) is 10.0. The fourth-order valence-electron chi connectivity index (χ4n) is 2.91. The van der Waals surface area contributed by atoms with Crippen LogP contribution in [0.3, 0.4) is 0 Å². The van der Waals surface area contributed by atoms with Crippen LogP contribution >= 0.6 is 23.2 Å². The van der Waals surface area contributed by atoms with E-state index in [-0.39, 0.29) is 11.9 Å². The van der Waals surface area contributed by atoms with Crippen LogP contribution in [0.2, 0.25) is 10.0 Å². The molecule has 0 bridgehead atoms. The molecule has 3 rings (SSSR count). The average Bonchev–Trinajstić information content (AvgIpc) is 2.87. The number of anilines is 2. The van der Waals surface area contributed by atoms with E-state index in [1.807, 2.05) is 0 Å². The summed E-state index contributed by atoms with van der Waals surface area (Å²) < 4.78 is 0. The second kappa shape index (κ2) is 8.50. The van der Waals surface area contributed by atoms with E-state index in [1.54, 1.807) is 18.2 Å². The zero-order valence-electron chi connectivity index (χ0n) is 13.8. The third-order valence-corrected chi connectivity index (χ3v) is 5.02. The topological polar surface area (TPSA) is 66.9 Å². The second-order valence-electron chi connectivity index (χ2n) is 6.21. The lowest BCUT2D eigenvalue weighted by Crippen LogP contribution is -2.34. The Morgan fingerprint density at radius 2 is 1.68 bits per heavy atom. The third-order valence-electron chi connectivity index (χ3n) is 4.28. The Balaban J connectivity index is 1.60. The number of nitrogens with one attached hydrogen (secondary N) is 2. The van der Waals surface area contributed by atoms with E-state index in [1.165, 1.54) is 38.1 Å². The Morgan fingerprint density at radius 3 is 2.32 bits per heavy atom. The highest BCUT2D eigenvalue weighted by atomic mass is 35.5. The van der Waals surface area contributed by atoms with E-state index in [0.717, 1.165) is 18.5 Å². The van der Waals surface area contributed by atoms with Gasteiger partial charge in [-0.2, -0.15) is 0 Å². The van der Waals surface area contributed by atoms with Crippen molar-refractivity contribution in [2.45, 2.75) is 44.6 Å². The number of carbonyl (C=O) groups is 1. The molecular formula is C18H20Cl2N4O. The molecule has 0 spiro atoms. The van der Waals surface area contributed by atoms with E-state index in [4.69, 9.17) is 23.2 Å². The van der Waals surface area contributed by atoms with E-state index in [0.29, 0.717) is 21.6 Å². The van der Waals surface area contributed by atoms with Gasteiger partial charge >= 0.3 is 0 Å². The van der Waals surface area contributed by atoms with Crippen molar-refractivity contribution in [1.29, 1.82) is 0 Å². The van der Waals surface area contributed by atoms with Gasteiger partial charge in [0.1, 0.15) is 0 Å². The predicted molar refractivity (Wildman–Crippen MR) is 101 cm³/mol. The fourth-order valence-corrected chi connectivity index (χ4v) is 3.20. The minimum Gasteiger partial charge on any atom is -0.349 e. The number of halogens is 2. The first kappa shape index (κ1) is 18.0. The summed E-state index contributed by atoms with van der Waals surface area (Å²) in [5.74, 6) is 0.275. The highest BCUT2D eigenvalue weighted by Crippen LogP contribution is 2.26. The van der Waals surface area contributed by atoms with Gasteiger partial charge in [0.25, 0.3) is 5.91 Å². The lowest BCUT2D eigenvalue weighted by Gasteiger charge is -2.16. The first-order valence-electron chi connectivity index (χ1n) is 8.47. The van der Waals surface area contributed by atoms with E-state index < -0.39 is 0 Å². The zero-order chi connectivity index (χ0) is 17.6. The van der Waals surface area contributed by atoms with Gasteiger partial charge in [-0.25, -0.2) is 9.97 Å². The van der Waals surface area contributed by atoms with Crippen molar-refractivity contribution in [1.82, 2.24) is 15.3 Å². The van der Waals surface area contributed by atoms with E-state index >= 15 is 0 Å². The molecular weight excluding hydrogens is 359 g/mol. The van der Waals surface area contributed by atoms with Crippen LogP contribution < -0.4 is 10.6 Å². The quantitative estimate of drug-likeness (QED) is 0.736. The summed E-state index contributed by atoms with van der Waals surface area (Å²) in [5.41, 5.74) is 1.19. The van der Waals surface area contributed by atoms with Gasteiger partial charge in [0.2, 0.25) is 5.95 Å². The van der Waals surface area contributed by atoms with Gasteiger partial charge in [-0.15, -0.1) is 0 Å². The van der Waals surface area contributed by atoms with Crippen molar-refractivity contribution in [2.75, 3.05) is 5.32 Å². The maximum atomic E-state index is 12.3. The molecule has 0 atom stereocenters. The number of amides is 1. The molecule has 1 aromatic carbocycles. The molecule has 25 heavy (non-hydrogen) atoms. The van der Waals surface area contributed by atoms with Gasteiger partial charge in [0, 0.05) is 24.1 Å². The van der Waals surface area contributed by atoms with Crippen LogP contribution in [0.1, 0.15) is 48.9 Å². The highest BCUT2D eigenvalue weighted by molar-refractivity contribution is 6.42. The highest BCUT2D eigenvalue weighted by Gasteiger charge is 2.16. The molecule has 1 aliphatic rings. The minimum atomic E-state index is -0.118. The standard InChI is InChI=1S/C18H20Cl2N4O/c19-15-8-7-14(9-16(15)20)24-18-21-10-12(11-22-18)17(25)23-13-5-3-1-2-4-6-13/h7-11,13H,1-6H2,(H,23,25)(H,21,22,24). The van der Waals surface area contributed by atoms with Gasteiger partial charge in [-0.1, -0.05) is 48.9 Å². The molecule has 0 unspecified atom stereocenters. The van der Waals surface area contributed by atoms with Crippen molar-refractivity contribution < 1.29 is 4.79 Å². The summed E-state index contributed by atoms with van der Waals surface area (Å²) in [5, 5.41) is 7.05. The zero-order valence-corrected chi connectivity index (χ0v) is 15.3. The van der Waals surface area contributed by atoms with E-state index in [9.17, 15) is 4.79 Å². The fraction of sp³-hybridized carbons (Fsp3) is 0.389. The molecule has 2 N–H and O–H groups in total. The molecule has 0 radical (unpaired) electrons. The van der Waals surface area contributed by atoms with Gasteiger partial charge < -0.3 is 10.6 Å². The molecule has 5 nitrogen and oxygen atoms in total. The van der Waals surface area contributed by atoms with Crippen molar-refractivity contribution in [2.24, 2.45) is 0 Å². The Kier molecular flexibility index (Phi) is 6.10. The van der Waals surface area contributed by atoms with Crippen LogP contribution in [0.5, 0.6) is 0 Å². The summed E-state index contributed by atoms with van der Waals surface area (Å²) in [6, 6.07) is 5.43. The lowest BCUT2D eigenvalue weighted by atomic mass is 10.1. The van der Waals surface area contributed by atoms with Crippen molar-refractivity contribution >= 4 is 40.7 Å². The largest absolute Gasteiger partial charge is 0.349 e. The molecule has 1 fully saturated rings. The Hall–Kier alpha value is -1.85. The number of nitrogens with zero attached hydrogens (tertiary/aromatic N) is 2. The van der Waals surface area contributed by atoms with Gasteiger partial charge in [0.05, 0.1) is 15.6 Å². The van der Waals surface area contributed by atoms with Crippen LogP contribution in [0.4, 0.5) is 11.6 Å². The molecule has 1 amide bonds. The summed E-state index contributed by atoms with van der Waals surface area (Å²) >= 11 is 11.9. The number of hydrogen-bond donors (Lipinski definition) is 2. The van der Waals surface area contributed by atoms with Crippen LogP contribution in [0, 0.1) is 0 Å². The Bertz CT molecular complexity index is 728. The number of carbonyl (C=O) groups excluding carboxylic acids is 1. The van der Waals surface area contributed by atoms with Gasteiger partial charge in [0.15, 0.2) is 0 Å². The Morgan fingerprint density at radius 1 is 1.00 bits per heavy atom. The van der Waals surface area contributed by atoms with Crippen molar-refractivity contribution in [3.63, 3.8) is 0 Å². The van der Waals surface area contributed by atoms with Gasteiger partial charge in [-0.05, 0) is 31.0 Å². The van der Waals surface area contributed by atoms with Crippen LogP contribution in [-0.4, -0.2) is 21.9 Å². The molecule has 132 valence electrons. The van der Waals surface area contributed by atoms with Crippen LogP contribution in [0.25, 0.3) is 0 Å². The number of hydrogen-bond acceptors (Lipinski definition) is 4. The smallest absolute Gasteiger partial charge is 0.254 e. The normalized spacial score (nSPS) is 15.4. The average molecular weight is 379 g/mol. The predicted octanol–water partition coefficient (Wildman–Crippen LogP) is 4.98. The first-order chi connectivity index (χ1) is 12.1. The van der Waals surface area contributed by atoms with E-state index in [2.05, 4.69) is 20.6 Å². The molecule has 1 aromatic heterocycles. The SMILES string of the molecule is O=C(NC1CCCCCC1)c1cnc(Nc2ccc(Cl)c(Cl)c2)nc1. The molecule has 2 aromatic rings. The minimum absolute atomic E-state index is 0.118. The summed E-state index contributed by atoms with van der Waals surface area (Å²) in [7, 11) is 0. The first-order valence-corrected chi connectivity index (χ1v) is 9.22. The van der Waals surface area contributed by atoms with Crippen LogP contribution in [0.15, 0.2) is 30.6 Å². The molecule has 7 heteroatoms. The lowest BCUT2D eigenvalue weighted by molar-refractivity contribution is 0.0932. The third kappa shape index (κ3) is 5.06. The van der Waals surface area contributed by atoms with Crippen molar-refractivity contribution in [3.8, 4) is 0 Å². The molecule has 0 saturated heterocycles. The van der Waals surface area contributed by atoms with Crippen LogP contribution in [-0.2, 0) is 0 Å². The van der Waals surface area contributed by atoms with Crippen molar-refractivity contribution in [3.05, 3.63) is 46.2 Å². The number of aromatic nitrogens is 2. The maximum absolute atomic E-state index is 12.3. The monoisotopic (exact) mass is 378 g/mol. The second-order valence-corrected chi connectivity index (χ2v) is 7.03. The summed E-state index contributed by atoms with van der Waals surface area (Å²) in [6.45, 7) is 0. The number of rotatable bonds is 4.